The van der Waals surface area contributed by atoms with Gasteiger partial charge in [0.2, 0.25) is 0 Å². The third-order valence-corrected chi connectivity index (χ3v) is 4.55. The van der Waals surface area contributed by atoms with Gasteiger partial charge in [0.1, 0.15) is 5.57 Å². The number of hydrogen-bond acceptors (Lipinski definition) is 5. The molecule has 0 radical (unpaired) electrons. The van der Waals surface area contributed by atoms with Crippen molar-refractivity contribution >= 4 is 45.5 Å². The number of urea groups is 1. The van der Waals surface area contributed by atoms with Crippen LogP contribution in [0, 0.1) is 6.92 Å². The Hall–Kier alpha value is -3.13. The molecule has 0 unspecified atom stereocenters. The lowest BCUT2D eigenvalue weighted by Gasteiger charge is -2.26. The van der Waals surface area contributed by atoms with Gasteiger partial charge >= 0.3 is 6.03 Å². The van der Waals surface area contributed by atoms with Gasteiger partial charge in [-0.3, -0.25) is 14.9 Å². The van der Waals surface area contributed by atoms with Crippen molar-refractivity contribution in [3.05, 3.63) is 57.6 Å². The minimum absolute atomic E-state index is 0.101. The maximum Gasteiger partial charge on any atom is 0.335 e. The van der Waals surface area contributed by atoms with E-state index in [0.717, 1.165) is 10.5 Å². The van der Waals surface area contributed by atoms with Gasteiger partial charge < -0.3 is 9.84 Å². The van der Waals surface area contributed by atoms with Crippen LogP contribution < -0.4 is 15.0 Å². The van der Waals surface area contributed by atoms with Gasteiger partial charge in [0.25, 0.3) is 11.8 Å². The maximum absolute atomic E-state index is 12.9. The molecule has 1 fully saturated rings. The molecule has 1 heterocycles. The molecule has 0 atom stereocenters. The van der Waals surface area contributed by atoms with Gasteiger partial charge in [-0.15, -0.1) is 0 Å². The quantitative estimate of drug-likeness (QED) is 0.575. The molecule has 0 aromatic heterocycles. The molecule has 0 saturated carbocycles. The van der Waals surface area contributed by atoms with Crippen molar-refractivity contribution in [3.63, 3.8) is 0 Å². The van der Waals surface area contributed by atoms with E-state index in [2.05, 4.69) is 21.2 Å². The zero-order chi connectivity index (χ0) is 19.7. The zero-order valence-electron chi connectivity index (χ0n) is 14.4. The van der Waals surface area contributed by atoms with Crippen LogP contribution >= 0.6 is 15.9 Å². The number of hydrogen-bond donors (Lipinski definition) is 2. The minimum Gasteiger partial charge on any atom is -0.503 e. The van der Waals surface area contributed by atoms with Crippen LogP contribution in [0.5, 0.6) is 11.5 Å². The number of carbonyl (C=O) groups excluding carboxylic acids is 3. The molecule has 0 spiro atoms. The number of benzene rings is 2. The molecule has 27 heavy (non-hydrogen) atoms. The summed E-state index contributed by atoms with van der Waals surface area (Å²) in [7, 11) is 1.38. The highest BCUT2D eigenvalue weighted by Gasteiger charge is 2.36. The summed E-state index contributed by atoms with van der Waals surface area (Å²) in [6.07, 6.45) is 1.33. The van der Waals surface area contributed by atoms with Crippen LogP contribution in [-0.2, 0) is 9.59 Å². The SMILES string of the molecule is COc1cc(C=C2C(=O)NC(=O)N(c3cccc(C)c3)C2=O)cc(Br)c1O. The number of rotatable bonds is 3. The first-order valence-corrected chi connectivity index (χ1v) is 8.65. The second-order valence-electron chi connectivity index (χ2n) is 5.85. The Balaban J connectivity index is 2.06. The summed E-state index contributed by atoms with van der Waals surface area (Å²) < 4.78 is 5.41. The summed E-state index contributed by atoms with van der Waals surface area (Å²) in [5.74, 6) is -1.46. The molecular weight excluding hydrogens is 416 g/mol. The van der Waals surface area contributed by atoms with Crippen LogP contribution in [0.4, 0.5) is 10.5 Å². The van der Waals surface area contributed by atoms with Crippen molar-refractivity contribution in [1.29, 1.82) is 0 Å². The number of nitrogens with zero attached hydrogens (tertiary/aromatic N) is 1. The van der Waals surface area contributed by atoms with E-state index in [9.17, 15) is 19.5 Å². The highest BCUT2D eigenvalue weighted by atomic mass is 79.9. The Kier molecular flexibility index (Phi) is 5.00. The lowest BCUT2D eigenvalue weighted by molar-refractivity contribution is -0.122. The van der Waals surface area contributed by atoms with E-state index in [4.69, 9.17) is 4.74 Å². The molecule has 8 heteroatoms. The topological polar surface area (TPSA) is 95.9 Å². The first-order chi connectivity index (χ1) is 12.8. The molecular formula is C19H15BrN2O5. The van der Waals surface area contributed by atoms with Crippen molar-refractivity contribution in [2.45, 2.75) is 6.92 Å². The fourth-order valence-corrected chi connectivity index (χ4v) is 3.12. The number of anilines is 1. The van der Waals surface area contributed by atoms with E-state index in [1.54, 1.807) is 18.2 Å². The molecule has 3 rings (SSSR count). The van der Waals surface area contributed by atoms with E-state index < -0.39 is 17.8 Å². The smallest absolute Gasteiger partial charge is 0.335 e. The van der Waals surface area contributed by atoms with Gasteiger partial charge in [-0.2, -0.15) is 0 Å². The van der Waals surface area contributed by atoms with Gasteiger partial charge in [0.15, 0.2) is 11.5 Å². The molecule has 1 aliphatic rings. The van der Waals surface area contributed by atoms with Crippen LogP contribution in [0.1, 0.15) is 11.1 Å². The Bertz CT molecular complexity index is 1000. The normalized spacial score (nSPS) is 15.9. The van der Waals surface area contributed by atoms with E-state index in [-0.39, 0.29) is 17.1 Å². The minimum atomic E-state index is -0.808. The number of barbiturate groups is 1. The lowest BCUT2D eigenvalue weighted by atomic mass is 10.1. The molecule has 1 saturated heterocycles. The summed E-state index contributed by atoms with van der Waals surface area (Å²) in [6.45, 7) is 1.83. The number of ether oxygens (including phenoxy) is 1. The van der Waals surface area contributed by atoms with E-state index >= 15 is 0 Å². The lowest BCUT2D eigenvalue weighted by Crippen LogP contribution is -2.54. The number of imide groups is 2. The van der Waals surface area contributed by atoms with Crippen molar-refractivity contribution < 1.29 is 24.2 Å². The first kappa shape index (κ1) is 18.7. The molecule has 4 amide bonds. The van der Waals surface area contributed by atoms with Crippen molar-refractivity contribution in [3.8, 4) is 11.5 Å². The first-order valence-electron chi connectivity index (χ1n) is 7.86. The Morgan fingerprint density at radius 1 is 1.19 bits per heavy atom. The van der Waals surface area contributed by atoms with Crippen LogP contribution in [0.25, 0.3) is 6.08 Å². The standard InChI is InChI=1S/C19H15BrN2O5/c1-10-4-3-5-12(6-10)22-18(25)13(17(24)21-19(22)26)7-11-8-14(20)16(23)15(9-11)27-2/h3-9,23H,1-2H3,(H,21,24,26). The molecule has 2 aromatic carbocycles. The third kappa shape index (κ3) is 3.56. The molecule has 138 valence electrons. The van der Waals surface area contributed by atoms with Gasteiger partial charge in [-0.05, 0) is 64.3 Å². The highest BCUT2D eigenvalue weighted by molar-refractivity contribution is 9.10. The second-order valence-corrected chi connectivity index (χ2v) is 6.70. The Morgan fingerprint density at radius 3 is 2.59 bits per heavy atom. The molecule has 7 nitrogen and oxygen atoms in total. The van der Waals surface area contributed by atoms with E-state index in [1.165, 1.54) is 25.3 Å². The number of aryl methyl sites for hydroxylation is 1. The Labute approximate surface area is 163 Å². The fraction of sp³-hybridized carbons (Fsp3) is 0.105. The number of carbonyl (C=O) groups is 3. The van der Waals surface area contributed by atoms with Crippen LogP contribution in [0.3, 0.4) is 0 Å². The monoisotopic (exact) mass is 430 g/mol. The van der Waals surface area contributed by atoms with Crippen LogP contribution in [0.2, 0.25) is 0 Å². The second kappa shape index (κ2) is 7.24. The van der Waals surface area contributed by atoms with E-state index in [1.807, 2.05) is 13.0 Å². The average molecular weight is 431 g/mol. The van der Waals surface area contributed by atoms with Crippen LogP contribution in [-0.4, -0.2) is 30.1 Å². The van der Waals surface area contributed by atoms with Gasteiger partial charge in [-0.1, -0.05) is 12.1 Å². The summed E-state index contributed by atoms with van der Waals surface area (Å²) in [6, 6.07) is 9.02. The maximum atomic E-state index is 12.9. The fourth-order valence-electron chi connectivity index (χ4n) is 2.66. The predicted octanol–water partition coefficient (Wildman–Crippen LogP) is 3.14. The number of halogens is 1. The van der Waals surface area contributed by atoms with Gasteiger partial charge in [0.05, 0.1) is 17.3 Å². The number of phenols is 1. The zero-order valence-corrected chi connectivity index (χ0v) is 16.0. The average Bonchev–Trinajstić information content (AvgIpc) is 2.61. The van der Waals surface area contributed by atoms with E-state index in [0.29, 0.717) is 15.7 Å². The molecule has 2 N–H and O–H groups in total. The van der Waals surface area contributed by atoms with Crippen LogP contribution in [0.15, 0.2) is 46.4 Å². The number of nitrogens with one attached hydrogen (secondary N) is 1. The van der Waals surface area contributed by atoms with Crippen molar-refractivity contribution in [2.24, 2.45) is 0 Å². The molecule has 2 aromatic rings. The number of phenolic OH excluding ortho intramolecular Hbond substituents is 1. The Morgan fingerprint density at radius 2 is 1.93 bits per heavy atom. The summed E-state index contributed by atoms with van der Waals surface area (Å²) in [4.78, 5) is 38.2. The molecule has 0 aliphatic carbocycles. The largest absolute Gasteiger partial charge is 0.503 e. The number of aromatic hydroxyl groups is 1. The molecule has 0 bridgehead atoms. The highest BCUT2D eigenvalue weighted by Crippen LogP contribution is 2.36. The summed E-state index contributed by atoms with van der Waals surface area (Å²) in [5.41, 5.74) is 1.45. The predicted molar refractivity (Wildman–Crippen MR) is 103 cm³/mol. The van der Waals surface area contributed by atoms with Crippen molar-refractivity contribution in [1.82, 2.24) is 5.32 Å². The number of methoxy groups -OCH3 is 1. The summed E-state index contributed by atoms with van der Waals surface area (Å²) in [5, 5.41) is 12.1. The van der Waals surface area contributed by atoms with Gasteiger partial charge in [0, 0.05) is 0 Å². The van der Waals surface area contributed by atoms with Crippen molar-refractivity contribution in [2.75, 3.05) is 12.0 Å². The summed E-state index contributed by atoms with van der Waals surface area (Å²) >= 11 is 3.19. The van der Waals surface area contributed by atoms with Gasteiger partial charge in [-0.25, -0.2) is 9.69 Å². The third-order valence-electron chi connectivity index (χ3n) is 3.94. The number of amides is 4. The molecule has 1 aliphatic heterocycles.